The first-order chi connectivity index (χ1) is 19.7. The Kier molecular flexibility index (Phi) is 7.93. The number of rotatable bonds is 4. The van der Waals surface area contributed by atoms with Crippen molar-refractivity contribution < 1.29 is 36.2 Å². The minimum absolute atomic E-state index is 0.00234. The highest BCUT2D eigenvalue weighted by atomic mass is 28.4. The Morgan fingerprint density at radius 1 is 1.07 bits per heavy atom. The number of nitrogens with zero attached hydrogens (tertiary/aromatic N) is 1. The number of alkyl halides is 3. The molecule has 1 aromatic carbocycles. The maximum Gasteiger partial charge on any atom is 0.416 e. The molecule has 43 heavy (non-hydrogen) atoms. The van der Waals surface area contributed by atoms with Gasteiger partial charge in [-0.25, -0.2) is 4.39 Å². The van der Waals surface area contributed by atoms with Crippen LogP contribution in [-0.2, 0) is 32.1 Å². The summed E-state index contributed by atoms with van der Waals surface area (Å²) in [7, 11) is -2.33. The Morgan fingerprint density at radius 3 is 2.23 bits per heavy atom. The second-order valence-corrected chi connectivity index (χ2v) is 20.0. The lowest BCUT2D eigenvalue weighted by molar-refractivity contribution is -0.626. The molecule has 3 aliphatic rings. The molecule has 1 fully saturated rings. The van der Waals surface area contributed by atoms with Crippen LogP contribution < -0.4 is 4.73 Å². The van der Waals surface area contributed by atoms with Gasteiger partial charge in [-0.3, -0.25) is 0 Å². The molecular weight excluding hydrogens is 578 g/mol. The van der Waals surface area contributed by atoms with Crippen molar-refractivity contribution in [1.29, 1.82) is 0 Å². The van der Waals surface area contributed by atoms with Crippen LogP contribution in [0.25, 0.3) is 0 Å². The summed E-state index contributed by atoms with van der Waals surface area (Å²) < 4.78 is 76.9. The molecule has 1 saturated heterocycles. The van der Waals surface area contributed by atoms with Gasteiger partial charge in [0.25, 0.3) is 0 Å². The maximum atomic E-state index is 15.7. The third-order valence-corrected chi connectivity index (χ3v) is 14.5. The summed E-state index contributed by atoms with van der Waals surface area (Å²) in [6.45, 7) is 19.9. The summed E-state index contributed by atoms with van der Waals surface area (Å²) in [6.07, 6.45) is -3.88. The second kappa shape index (κ2) is 10.5. The first kappa shape index (κ1) is 32.4. The Morgan fingerprint density at radius 2 is 1.70 bits per heavy atom. The van der Waals surface area contributed by atoms with Crippen LogP contribution in [0, 0.1) is 16.4 Å². The average molecular weight is 624 g/mol. The Hall–Kier alpha value is -2.01. The van der Waals surface area contributed by atoms with Gasteiger partial charge in [-0.15, -0.1) is 0 Å². The highest BCUT2D eigenvalue weighted by Crippen LogP contribution is 2.59. The Balaban J connectivity index is 1.83. The fourth-order valence-corrected chi connectivity index (χ4v) is 8.17. The van der Waals surface area contributed by atoms with Crippen molar-refractivity contribution in [2.24, 2.45) is 5.41 Å². The molecule has 0 saturated carbocycles. The standard InChI is InChI=1S/C33H45F4NO4Si/c1-19(2)28-26-27(25-23(38(28)39)17-31(6,7)18-24(25)42-43(8,9)30(3,4)5)32(12-14-40-15-13-32)41-29(26)21-11-10-20(16-22(21)34)33(35,36)37/h10-11,16,19,24,29H,12-15,17-18H2,1-9H3/t24-,29+/m0/s1. The molecule has 1 aliphatic carbocycles. The van der Waals surface area contributed by atoms with Crippen molar-refractivity contribution in [1.82, 2.24) is 0 Å². The van der Waals surface area contributed by atoms with Gasteiger partial charge in [0.1, 0.15) is 11.9 Å². The van der Waals surface area contributed by atoms with Crippen molar-refractivity contribution in [2.45, 2.75) is 122 Å². The van der Waals surface area contributed by atoms with Gasteiger partial charge in [0, 0.05) is 49.5 Å². The summed E-state index contributed by atoms with van der Waals surface area (Å²) >= 11 is 0. The largest absolute Gasteiger partial charge is 0.618 e. The van der Waals surface area contributed by atoms with Crippen LogP contribution in [0.15, 0.2) is 18.2 Å². The zero-order chi connectivity index (χ0) is 31.9. The van der Waals surface area contributed by atoms with Gasteiger partial charge >= 0.3 is 6.18 Å². The van der Waals surface area contributed by atoms with Crippen molar-refractivity contribution in [3.05, 3.63) is 68.4 Å². The molecule has 0 N–H and O–H groups in total. The first-order valence-corrected chi connectivity index (χ1v) is 18.2. The zero-order valence-corrected chi connectivity index (χ0v) is 27.8. The van der Waals surface area contributed by atoms with Crippen LogP contribution in [0.2, 0.25) is 18.1 Å². The fourth-order valence-electron chi connectivity index (χ4n) is 6.91. The molecule has 2 aliphatic heterocycles. The molecule has 0 amide bonds. The molecular formula is C33H45F4NO4Si. The first-order valence-electron chi connectivity index (χ1n) is 15.3. The van der Waals surface area contributed by atoms with Crippen molar-refractivity contribution >= 4 is 8.32 Å². The summed E-state index contributed by atoms with van der Waals surface area (Å²) in [5.74, 6) is -1.25. The number of pyridine rings is 1. The fraction of sp³-hybridized carbons (Fsp3) is 0.667. The molecule has 0 unspecified atom stereocenters. The maximum absolute atomic E-state index is 15.7. The van der Waals surface area contributed by atoms with E-state index in [-0.39, 0.29) is 28.0 Å². The molecule has 0 bridgehead atoms. The van der Waals surface area contributed by atoms with E-state index in [0.717, 1.165) is 28.0 Å². The number of aromatic nitrogens is 1. The number of ether oxygens (including phenoxy) is 2. The molecule has 5 rings (SSSR count). The minimum Gasteiger partial charge on any atom is -0.618 e. The van der Waals surface area contributed by atoms with E-state index in [4.69, 9.17) is 13.9 Å². The van der Waals surface area contributed by atoms with Gasteiger partial charge in [-0.1, -0.05) is 54.5 Å². The number of hydrogen-bond acceptors (Lipinski definition) is 4. The van der Waals surface area contributed by atoms with E-state index >= 15 is 4.39 Å². The van der Waals surface area contributed by atoms with Gasteiger partial charge in [-0.2, -0.15) is 17.9 Å². The predicted molar refractivity (Wildman–Crippen MR) is 159 cm³/mol. The SMILES string of the molecule is CC(C)c1c2c(c3c([n+]1[O-])CC(C)(C)C[C@@H]3O[Si](C)(C)C(C)(C)C)C1(CCOCC1)O[C@@H]2c1ccc(C(F)(F)F)cc1F. The lowest BCUT2D eigenvalue weighted by Crippen LogP contribution is -2.49. The van der Waals surface area contributed by atoms with E-state index in [9.17, 15) is 18.4 Å². The quantitative estimate of drug-likeness (QED) is 0.148. The van der Waals surface area contributed by atoms with Crippen LogP contribution in [0.4, 0.5) is 17.6 Å². The lowest BCUT2D eigenvalue weighted by atomic mass is 9.69. The summed E-state index contributed by atoms with van der Waals surface area (Å²) in [5.41, 5.74) is 1.24. The topological polar surface area (TPSA) is 54.6 Å². The van der Waals surface area contributed by atoms with E-state index in [1.807, 2.05) is 13.8 Å². The smallest absolute Gasteiger partial charge is 0.416 e. The monoisotopic (exact) mass is 623 g/mol. The van der Waals surface area contributed by atoms with Gasteiger partial charge in [0.15, 0.2) is 14.0 Å². The average Bonchev–Trinajstić information content (AvgIpc) is 3.15. The van der Waals surface area contributed by atoms with E-state index < -0.39 is 37.6 Å². The highest BCUT2D eigenvalue weighted by Gasteiger charge is 2.56. The molecule has 10 heteroatoms. The van der Waals surface area contributed by atoms with Crippen LogP contribution in [0.3, 0.4) is 0 Å². The normalized spacial score (nSPS) is 23.5. The number of hydrogen-bond donors (Lipinski definition) is 0. The number of halogens is 4. The number of benzene rings is 1. The third-order valence-electron chi connectivity index (χ3n) is 10.1. The molecule has 1 aromatic heterocycles. The lowest BCUT2D eigenvalue weighted by Gasteiger charge is -2.45. The molecule has 3 heterocycles. The van der Waals surface area contributed by atoms with E-state index in [1.54, 1.807) is 0 Å². The van der Waals surface area contributed by atoms with Crippen molar-refractivity contribution in [3.8, 4) is 0 Å². The summed E-state index contributed by atoms with van der Waals surface area (Å²) in [5, 5.41) is 14.4. The molecule has 2 atom stereocenters. The van der Waals surface area contributed by atoms with Gasteiger partial charge < -0.3 is 19.1 Å². The van der Waals surface area contributed by atoms with E-state index in [0.29, 0.717) is 61.9 Å². The van der Waals surface area contributed by atoms with Crippen LogP contribution in [-0.4, -0.2) is 21.5 Å². The molecule has 1 spiro atoms. The molecule has 2 aromatic rings. The van der Waals surface area contributed by atoms with E-state index in [1.165, 1.54) is 0 Å². The van der Waals surface area contributed by atoms with Gasteiger partial charge in [0.2, 0.25) is 5.69 Å². The van der Waals surface area contributed by atoms with Gasteiger partial charge in [0.05, 0.1) is 28.4 Å². The Bertz CT molecular complexity index is 1410. The van der Waals surface area contributed by atoms with Crippen LogP contribution >= 0.6 is 0 Å². The number of fused-ring (bicyclic) bond motifs is 4. The van der Waals surface area contributed by atoms with Crippen LogP contribution in [0.1, 0.15) is 125 Å². The summed E-state index contributed by atoms with van der Waals surface area (Å²) in [4.78, 5) is 0. The van der Waals surface area contributed by atoms with Gasteiger partial charge in [-0.05, 0) is 42.1 Å². The third kappa shape index (κ3) is 5.55. The minimum atomic E-state index is -4.68. The predicted octanol–water partition coefficient (Wildman–Crippen LogP) is 8.76. The van der Waals surface area contributed by atoms with E-state index in [2.05, 4.69) is 47.7 Å². The molecule has 0 radical (unpaired) electrons. The van der Waals surface area contributed by atoms with Crippen molar-refractivity contribution in [2.75, 3.05) is 13.2 Å². The second-order valence-electron chi connectivity index (χ2n) is 15.2. The molecule has 5 nitrogen and oxygen atoms in total. The van der Waals surface area contributed by atoms with Crippen molar-refractivity contribution in [3.63, 3.8) is 0 Å². The zero-order valence-electron chi connectivity index (χ0n) is 26.8. The highest BCUT2D eigenvalue weighted by molar-refractivity contribution is 6.74. The Labute approximate surface area is 253 Å². The van der Waals surface area contributed by atoms with Crippen LogP contribution in [0.5, 0.6) is 0 Å². The summed E-state index contributed by atoms with van der Waals surface area (Å²) in [6, 6.07) is 2.58. The molecule has 238 valence electrons.